The van der Waals surface area contributed by atoms with Gasteiger partial charge < -0.3 is 4.90 Å². The van der Waals surface area contributed by atoms with Crippen LogP contribution in [0.4, 0.5) is 0 Å². The van der Waals surface area contributed by atoms with Crippen molar-refractivity contribution >= 4 is 16.7 Å². The van der Waals surface area contributed by atoms with Crippen LogP contribution in [0.2, 0.25) is 0 Å². The van der Waals surface area contributed by atoms with Crippen LogP contribution in [0.15, 0.2) is 30.5 Å². The molecule has 0 spiro atoms. The number of aromatic nitrogens is 3. The summed E-state index contributed by atoms with van der Waals surface area (Å²) in [6.45, 7) is 2.87. The molecular weight excluding hydrogens is 302 g/mol. The van der Waals surface area contributed by atoms with Gasteiger partial charge >= 0.3 is 0 Å². The zero-order valence-corrected chi connectivity index (χ0v) is 13.2. The highest BCUT2D eigenvalue weighted by Gasteiger charge is 2.24. The van der Waals surface area contributed by atoms with Gasteiger partial charge in [-0.2, -0.15) is 10.4 Å². The molecule has 3 heterocycles. The van der Waals surface area contributed by atoms with Gasteiger partial charge in [-0.05, 0) is 11.5 Å². The summed E-state index contributed by atoms with van der Waals surface area (Å²) in [6.07, 6.45) is 2.50. The Kier molecular flexibility index (Phi) is 3.28. The maximum Gasteiger partial charge on any atom is 0.219 e. The second-order valence-corrected chi connectivity index (χ2v) is 5.93. The third kappa shape index (κ3) is 2.22. The first-order valence-corrected chi connectivity index (χ1v) is 7.78. The number of aromatic amines is 1. The van der Waals surface area contributed by atoms with Crippen molar-refractivity contribution in [1.29, 1.82) is 5.26 Å². The van der Waals surface area contributed by atoms with Crippen molar-refractivity contribution in [2.45, 2.75) is 19.9 Å². The van der Waals surface area contributed by atoms with Crippen molar-refractivity contribution < 1.29 is 4.79 Å². The normalized spacial score (nSPS) is 13.6. The van der Waals surface area contributed by atoms with Crippen LogP contribution in [-0.4, -0.2) is 32.5 Å². The zero-order valence-electron chi connectivity index (χ0n) is 13.2. The molecule has 1 N–H and O–H groups in total. The molecule has 0 atom stereocenters. The van der Waals surface area contributed by atoms with E-state index < -0.39 is 0 Å². The maximum absolute atomic E-state index is 11.7. The smallest absolute Gasteiger partial charge is 0.219 e. The minimum Gasteiger partial charge on any atom is -0.338 e. The predicted molar refractivity (Wildman–Crippen MR) is 88.8 cm³/mol. The van der Waals surface area contributed by atoms with Crippen molar-refractivity contribution in [3.63, 3.8) is 0 Å². The molecule has 3 aromatic rings. The molecule has 0 saturated carbocycles. The van der Waals surface area contributed by atoms with Crippen LogP contribution in [0, 0.1) is 11.3 Å². The Bertz CT molecular complexity index is 998. The summed E-state index contributed by atoms with van der Waals surface area (Å²) in [5, 5.41) is 18.5. The molecular formula is C18H15N5O. The number of H-pyrrole nitrogens is 1. The Labute approximate surface area is 138 Å². The third-order valence-electron chi connectivity index (χ3n) is 4.51. The van der Waals surface area contributed by atoms with Crippen LogP contribution >= 0.6 is 0 Å². The number of fused-ring (bicyclic) bond motifs is 2. The molecule has 6 nitrogen and oxygen atoms in total. The molecule has 0 bridgehead atoms. The van der Waals surface area contributed by atoms with Crippen molar-refractivity contribution in [2.75, 3.05) is 6.54 Å². The molecule has 0 aliphatic carbocycles. The molecule has 6 heteroatoms. The summed E-state index contributed by atoms with van der Waals surface area (Å²) in [5.41, 5.74) is 4.36. The number of amides is 1. The molecule has 1 aromatic carbocycles. The second-order valence-electron chi connectivity index (χ2n) is 5.93. The van der Waals surface area contributed by atoms with E-state index in [9.17, 15) is 4.79 Å². The minimum atomic E-state index is 0.0750. The SMILES string of the molecule is CC(=O)N1CCc2[nH]nc(-c3cccc4cc(C#N)ncc34)c2C1. The quantitative estimate of drug-likeness (QED) is 0.747. The summed E-state index contributed by atoms with van der Waals surface area (Å²) in [6, 6.07) is 9.75. The lowest BCUT2D eigenvalue weighted by molar-refractivity contribution is -0.129. The highest BCUT2D eigenvalue weighted by Crippen LogP contribution is 2.33. The Morgan fingerprint density at radius 1 is 1.42 bits per heavy atom. The fourth-order valence-corrected chi connectivity index (χ4v) is 3.23. The van der Waals surface area contributed by atoms with Gasteiger partial charge in [0.15, 0.2) is 0 Å². The van der Waals surface area contributed by atoms with Crippen LogP contribution in [-0.2, 0) is 17.8 Å². The van der Waals surface area contributed by atoms with Crippen molar-refractivity contribution in [3.8, 4) is 17.3 Å². The molecule has 0 saturated heterocycles. The summed E-state index contributed by atoms with van der Waals surface area (Å²) >= 11 is 0. The molecule has 2 aromatic heterocycles. The van der Waals surface area contributed by atoms with Crippen molar-refractivity contribution in [1.82, 2.24) is 20.1 Å². The van der Waals surface area contributed by atoms with Crippen molar-refractivity contribution in [2.24, 2.45) is 0 Å². The van der Waals surface area contributed by atoms with E-state index in [2.05, 4.69) is 21.3 Å². The van der Waals surface area contributed by atoms with Gasteiger partial charge in [-0.1, -0.05) is 18.2 Å². The van der Waals surface area contributed by atoms with Crippen LogP contribution < -0.4 is 0 Å². The van der Waals surface area contributed by atoms with Gasteiger partial charge in [0.2, 0.25) is 5.91 Å². The van der Waals surface area contributed by atoms with E-state index in [-0.39, 0.29) is 5.91 Å². The first-order chi connectivity index (χ1) is 11.7. The Morgan fingerprint density at radius 3 is 3.08 bits per heavy atom. The van der Waals surface area contributed by atoms with Gasteiger partial charge in [0.25, 0.3) is 0 Å². The number of nitrogens with zero attached hydrogens (tertiary/aromatic N) is 4. The number of carbonyl (C=O) groups excluding carboxylic acids is 1. The molecule has 24 heavy (non-hydrogen) atoms. The van der Waals surface area contributed by atoms with E-state index in [0.717, 1.165) is 39.7 Å². The van der Waals surface area contributed by atoms with E-state index in [1.807, 2.05) is 23.1 Å². The van der Waals surface area contributed by atoms with E-state index in [1.165, 1.54) is 0 Å². The molecule has 4 rings (SSSR count). The molecule has 0 unspecified atom stereocenters. The minimum absolute atomic E-state index is 0.0750. The zero-order chi connectivity index (χ0) is 16.7. The number of rotatable bonds is 1. The van der Waals surface area contributed by atoms with Gasteiger partial charge in [0, 0.05) is 54.8 Å². The number of nitrogens with one attached hydrogen (secondary N) is 1. The summed E-state index contributed by atoms with van der Waals surface area (Å²) in [7, 11) is 0. The third-order valence-corrected chi connectivity index (χ3v) is 4.51. The summed E-state index contributed by atoms with van der Waals surface area (Å²) < 4.78 is 0. The highest BCUT2D eigenvalue weighted by molar-refractivity contribution is 5.96. The first-order valence-electron chi connectivity index (χ1n) is 7.78. The van der Waals surface area contributed by atoms with Crippen molar-refractivity contribution in [3.05, 3.63) is 47.4 Å². The number of benzene rings is 1. The van der Waals surface area contributed by atoms with Crippen LogP contribution in [0.5, 0.6) is 0 Å². The molecule has 1 aliphatic heterocycles. The average molecular weight is 317 g/mol. The molecule has 118 valence electrons. The lowest BCUT2D eigenvalue weighted by Gasteiger charge is -2.26. The Morgan fingerprint density at radius 2 is 2.29 bits per heavy atom. The monoisotopic (exact) mass is 317 g/mol. The van der Waals surface area contributed by atoms with Crippen LogP contribution in [0.25, 0.3) is 22.0 Å². The Hall–Kier alpha value is -3.20. The van der Waals surface area contributed by atoms with Gasteiger partial charge in [-0.3, -0.25) is 9.89 Å². The highest BCUT2D eigenvalue weighted by atomic mass is 16.2. The predicted octanol–water partition coefficient (Wildman–Crippen LogP) is 2.40. The van der Waals surface area contributed by atoms with Crippen LogP contribution in [0.3, 0.4) is 0 Å². The first kappa shape index (κ1) is 14.4. The number of nitriles is 1. The number of carbonyl (C=O) groups is 1. The number of hydrogen-bond acceptors (Lipinski definition) is 4. The second kappa shape index (κ2) is 5.46. The van der Waals surface area contributed by atoms with Gasteiger partial charge in [-0.25, -0.2) is 4.98 Å². The lowest BCUT2D eigenvalue weighted by Crippen LogP contribution is -2.34. The van der Waals surface area contributed by atoms with E-state index in [4.69, 9.17) is 5.26 Å². The van der Waals surface area contributed by atoms with Gasteiger partial charge in [0.1, 0.15) is 11.8 Å². The average Bonchev–Trinajstić information content (AvgIpc) is 3.03. The fourth-order valence-electron chi connectivity index (χ4n) is 3.23. The maximum atomic E-state index is 11.7. The standard InChI is InChI=1S/C18H15N5O/c1-11(24)23-6-5-17-16(10-23)18(22-21-17)14-4-2-3-12-7-13(8-19)20-9-15(12)14/h2-4,7,9H,5-6,10H2,1H3,(H,21,22). The van der Waals surface area contributed by atoms with E-state index in [0.29, 0.717) is 18.8 Å². The molecule has 1 amide bonds. The van der Waals surface area contributed by atoms with E-state index >= 15 is 0 Å². The Balaban J connectivity index is 1.87. The lowest BCUT2D eigenvalue weighted by atomic mass is 9.97. The number of hydrogen-bond donors (Lipinski definition) is 1. The van der Waals surface area contributed by atoms with E-state index in [1.54, 1.807) is 19.2 Å². The summed E-state index contributed by atoms with van der Waals surface area (Å²) in [5.74, 6) is 0.0750. The topological polar surface area (TPSA) is 85.7 Å². The molecule has 0 radical (unpaired) electrons. The molecule has 0 fully saturated rings. The molecule has 1 aliphatic rings. The van der Waals surface area contributed by atoms with Gasteiger partial charge in [-0.15, -0.1) is 0 Å². The number of pyridine rings is 1. The fraction of sp³-hybridized carbons (Fsp3) is 0.222. The summed E-state index contributed by atoms with van der Waals surface area (Å²) in [4.78, 5) is 17.7. The largest absolute Gasteiger partial charge is 0.338 e. The van der Waals surface area contributed by atoms with Crippen LogP contribution in [0.1, 0.15) is 23.9 Å². The van der Waals surface area contributed by atoms with Gasteiger partial charge in [0.05, 0.1) is 5.69 Å².